The topological polar surface area (TPSA) is 212 Å². The van der Waals surface area contributed by atoms with Crippen LogP contribution in [0.4, 0.5) is 0 Å². The van der Waals surface area contributed by atoms with Crippen molar-refractivity contribution in [3.05, 3.63) is 12.2 Å². The molecule has 14 heteroatoms. The zero-order valence-electron chi connectivity index (χ0n) is 33.4. The van der Waals surface area contributed by atoms with Crippen LogP contribution in [0.5, 0.6) is 0 Å². The van der Waals surface area contributed by atoms with Crippen LogP contribution in [0.25, 0.3) is 0 Å². The first-order chi connectivity index (χ1) is 25.0. The second kappa shape index (κ2) is 25.5. The number of carbonyl (C=O) groups excluding carboxylic acids is 6. The summed E-state index contributed by atoms with van der Waals surface area (Å²) in [5.41, 5.74) is 0. The Morgan fingerprint density at radius 2 is 1.21 bits per heavy atom. The van der Waals surface area contributed by atoms with Crippen LogP contribution in [0.1, 0.15) is 132 Å². The Hall–Kier alpha value is -3.52. The van der Waals surface area contributed by atoms with E-state index in [1.807, 2.05) is 34.6 Å². The highest BCUT2D eigenvalue weighted by molar-refractivity contribution is 5.96. The smallest absolute Gasteiger partial charge is 0.329 e. The third-order valence-electron chi connectivity index (χ3n) is 9.33. The molecule has 0 aromatic heterocycles. The van der Waals surface area contributed by atoms with Gasteiger partial charge in [0.15, 0.2) is 0 Å². The molecule has 0 aliphatic carbocycles. The zero-order chi connectivity index (χ0) is 40.1. The number of ether oxygens (including phenoxy) is 1. The molecule has 1 heterocycles. The molecule has 304 valence electrons. The van der Waals surface area contributed by atoms with E-state index in [-0.39, 0.29) is 37.0 Å². The Bertz CT molecular complexity index is 1190. The quantitative estimate of drug-likeness (QED) is 0.0661. The number of carbonyl (C=O) groups is 6. The molecule has 7 N–H and O–H groups in total. The maximum atomic E-state index is 13.8. The minimum atomic E-state index is -1.56. The normalized spacial score (nSPS) is 25.7. The van der Waals surface area contributed by atoms with Crippen LogP contribution in [0.2, 0.25) is 0 Å². The Balaban J connectivity index is 3.56. The highest BCUT2D eigenvalue weighted by Gasteiger charge is 2.37. The lowest BCUT2D eigenvalue weighted by Crippen LogP contribution is -2.62. The molecule has 5 amide bonds. The van der Waals surface area contributed by atoms with E-state index in [2.05, 4.69) is 45.7 Å². The molecule has 1 saturated heterocycles. The fourth-order valence-corrected chi connectivity index (χ4v) is 6.00. The van der Waals surface area contributed by atoms with Crippen molar-refractivity contribution in [1.82, 2.24) is 26.6 Å². The molecule has 0 aromatic rings. The van der Waals surface area contributed by atoms with Crippen molar-refractivity contribution >= 4 is 35.5 Å². The second-order valence-electron chi connectivity index (χ2n) is 15.3. The number of amides is 5. The van der Waals surface area contributed by atoms with Gasteiger partial charge in [-0.2, -0.15) is 0 Å². The fraction of sp³-hybridized carbons (Fsp3) is 0.795. The van der Waals surface area contributed by atoms with Crippen molar-refractivity contribution in [1.29, 1.82) is 0 Å². The summed E-state index contributed by atoms with van der Waals surface area (Å²) in [6.45, 7) is 13.7. The lowest BCUT2D eigenvalue weighted by molar-refractivity contribution is -0.156. The van der Waals surface area contributed by atoms with E-state index in [0.717, 1.165) is 12.8 Å². The predicted molar refractivity (Wildman–Crippen MR) is 203 cm³/mol. The molecule has 1 aliphatic rings. The summed E-state index contributed by atoms with van der Waals surface area (Å²) >= 11 is 0. The molecule has 14 nitrogen and oxygen atoms in total. The van der Waals surface area contributed by atoms with Crippen molar-refractivity contribution in [2.24, 2.45) is 17.8 Å². The van der Waals surface area contributed by atoms with Crippen molar-refractivity contribution in [3.8, 4) is 0 Å². The molecule has 8 atom stereocenters. The van der Waals surface area contributed by atoms with Crippen LogP contribution in [0, 0.1) is 17.8 Å². The first-order valence-electron chi connectivity index (χ1n) is 19.7. The van der Waals surface area contributed by atoms with Gasteiger partial charge in [-0.1, -0.05) is 86.3 Å². The molecule has 0 radical (unpaired) electrons. The van der Waals surface area contributed by atoms with E-state index in [0.29, 0.717) is 25.7 Å². The fourth-order valence-electron chi connectivity index (χ4n) is 6.00. The Morgan fingerprint density at radius 3 is 1.75 bits per heavy atom. The number of unbranched alkanes of at least 4 members (excludes halogenated alkanes) is 5. The van der Waals surface area contributed by atoms with E-state index in [1.165, 1.54) is 26.2 Å². The second-order valence-corrected chi connectivity index (χ2v) is 15.3. The Morgan fingerprint density at radius 1 is 0.679 bits per heavy atom. The molecule has 1 aliphatic heterocycles. The highest BCUT2D eigenvalue weighted by atomic mass is 16.5. The largest absolute Gasteiger partial charge is 0.460 e. The summed E-state index contributed by atoms with van der Waals surface area (Å²) in [4.78, 5) is 81.3. The van der Waals surface area contributed by atoms with Gasteiger partial charge in [-0.3, -0.25) is 24.0 Å². The van der Waals surface area contributed by atoms with E-state index in [1.54, 1.807) is 6.92 Å². The molecule has 0 bridgehead atoms. The predicted octanol–water partition coefficient (Wildman–Crippen LogP) is 2.93. The minimum absolute atomic E-state index is 0.0570. The van der Waals surface area contributed by atoms with Crippen LogP contribution in [-0.4, -0.2) is 94.7 Å². The number of aliphatic hydroxyl groups is 2. The van der Waals surface area contributed by atoms with Gasteiger partial charge in [-0.15, -0.1) is 0 Å². The van der Waals surface area contributed by atoms with Gasteiger partial charge in [0.1, 0.15) is 36.3 Å². The lowest BCUT2D eigenvalue weighted by atomic mass is 9.97. The van der Waals surface area contributed by atoms with Crippen LogP contribution in [0.3, 0.4) is 0 Å². The molecule has 1 rings (SSSR count). The van der Waals surface area contributed by atoms with Gasteiger partial charge in [-0.25, -0.2) is 4.79 Å². The first-order valence-corrected chi connectivity index (χ1v) is 19.7. The molecule has 0 unspecified atom stereocenters. The maximum Gasteiger partial charge on any atom is 0.329 e. The molecule has 1 fully saturated rings. The Labute approximate surface area is 316 Å². The van der Waals surface area contributed by atoms with E-state index in [4.69, 9.17) is 4.74 Å². The molecular formula is C39H69N5O9. The number of hydrogen-bond acceptors (Lipinski definition) is 9. The minimum Gasteiger partial charge on any atom is -0.460 e. The van der Waals surface area contributed by atoms with Crippen LogP contribution in [0.15, 0.2) is 12.2 Å². The number of cyclic esters (lactones) is 1. The first kappa shape index (κ1) is 47.5. The standard InChI is InChI=1S/C39H69N5O9/c1-9-11-12-13-14-15-16-17-18-19-28-22-32(47)40-29(20-24(3)4)35(48)42-31(23-45)37(50)44-34(27(8)46)38(51)41-30(21-25(5)6)36(49)43-33(26(7)10-2)39(52)53-28/h15-16,24-31,33-34,45-46H,9-14,17-23H2,1-8H3,(H,40,47)(H,41,51)(H,42,48)(H,43,49)(H,44,50)/b16-15-/t26-,27+,28+,29+,30+,31-,33-,34-/m0/s1. The number of aliphatic hydroxyl groups excluding tert-OH is 2. The zero-order valence-corrected chi connectivity index (χ0v) is 33.4. The van der Waals surface area contributed by atoms with Crippen LogP contribution in [-0.2, 0) is 33.5 Å². The summed E-state index contributed by atoms with van der Waals surface area (Å²) in [5, 5.41) is 33.5. The van der Waals surface area contributed by atoms with E-state index < -0.39 is 84.5 Å². The molecule has 0 spiro atoms. The lowest BCUT2D eigenvalue weighted by Gasteiger charge is -2.29. The summed E-state index contributed by atoms with van der Waals surface area (Å²) in [6, 6.07) is -6.44. The highest BCUT2D eigenvalue weighted by Crippen LogP contribution is 2.18. The van der Waals surface area contributed by atoms with Crippen LogP contribution < -0.4 is 26.6 Å². The van der Waals surface area contributed by atoms with Crippen molar-refractivity contribution < 1.29 is 43.7 Å². The average Bonchev–Trinajstić information content (AvgIpc) is 3.08. The Kier molecular flexibility index (Phi) is 22.8. The van der Waals surface area contributed by atoms with Gasteiger partial charge in [0.25, 0.3) is 0 Å². The van der Waals surface area contributed by atoms with Gasteiger partial charge in [0.05, 0.1) is 19.1 Å². The van der Waals surface area contributed by atoms with E-state index in [9.17, 15) is 39.0 Å². The summed E-state index contributed by atoms with van der Waals surface area (Å²) < 4.78 is 5.97. The molecule has 53 heavy (non-hydrogen) atoms. The SMILES string of the molecule is CCCCCC/C=C\CCC[C@@H]1CC(=O)N[C@H](CC(C)C)C(=O)N[C@@H](CO)C(=O)N[C@@H]([C@@H](C)O)C(=O)N[C@H](CC(C)C)C(=O)N[C@@H]([C@@H](C)CC)C(=O)O1. The van der Waals surface area contributed by atoms with Gasteiger partial charge in [0.2, 0.25) is 29.5 Å². The average molecular weight is 752 g/mol. The van der Waals surface area contributed by atoms with Gasteiger partial charge in [0, 0.05) is 0 Å². The van der Waals surface area contributed by atoms with Crippen LogP contribution >= 0.6 is 0 Å². The number of hydrogen-bond donors (Lipinski definition) is 7. The third kappa shape index (κ3) is 18.4. The van der Waals surface area contributed by atoms with E-state index >= 15 is 0 Å². The number of rotatable bonds is 17. The van der Waals surface area contributed by atoms with Crippen molar-refractivity contribution in [2.75, 3.05) is 6.61 Å². The molecular weight excluding hydrogens is 682 g/mol. The van der Waals surface area contributed by atoms with Gasteiger partial charge in [-0.05, 0) is 69.6 Å². The summed E-state index contributed by atoms with van der Waals surface area (Å²) in [6.07, 6.45) is 9.86. The summed E-state index contributed by atoms with van der Waals surface area (Å²) in [7, 11) is 0. The number of esters is 1. The summed E-state index contributed by atoms with van der Waals surface area (Å²) in [5.74, 6) is -5.01. The molecule has 0 saturated carbocycles. The van der Waals surface area contributed by atoms with Gasteiger partial charge >= 0.3 is 5.97 Å². The van der Waals surface area contributed by atoms with Crippen molar-refractivity contribution in [3.63, 3.8) is 0 Å². The number of nitrogens with one attached hydrogen (secondary N) is 5. The molecule has 0 aromatic carbocycles. The monoisotopic (exact) mass is 752 g/mol. The maximum absolute atomic E-state index is 13.8. The van der Waals surface area contributed by atoms with Crippen molar-refractivity contribution in [2.45, 2.75) is 175 Å². The third-order valence-corrected chi connectivity index (χ3v) is 9.33. The number of allylic oxidation sites excluding steroid dienone is 2. The van der Waals surface area contributed by atoms with Gasteiger partial charge < -0.3 is 41.5 Å².